The molecule has 0 radical (unpaired) electrons. The van der Waals surface area contributed by atoms with Crippen molar-refractivity contribution in [3.63, 3.8) is 0 Å². The van der Waals surface area contributed by atoms with Gasteiger partial charge < -0.3 is 9.84 Å². The van der Waals surface area contributed by atoms with E-state index in [0.717, 1.165) is 33.3 Å². The number of benzene rings is 2. The van der Waals surface area contributed by atoms with Gasteiger partial charge in [0.05, 0.1) is 16.9 Å². The standard InChI is InChI=1S/C24H26N2O3S/c1-15(2)29-20-7-5-18(6-8-20)22-11-25-23(30-22)21-9-4-17(10-16(21)3)12-26-13-19(14-26)24(27)28/h4-11,15,19H,12-14H2,1-3H3,(H,27,28). The van der Waals surface area contributed by atoms with E-state index >= 15 is 0 Å². The van der Waals surface area contributed by atoms with Gasteiger partial charge in [0.25, 0.3) is 0 Å². The fourth-order valence-electron chi connectivity index (χ4n) is 3.68. The van der Waals surface area contributed by atoms with Crippen molar-refractivity contribution in [2.24, 2.45) is 5.92 Å². The normalized spacial score (nSPS) is 14.7. The third-order valence-electron chi connectivity index (χ3n) is 5.25. The van der Waals surface area contributed by atoms with Crippen LogP contribution in [0.3, 0.4) is 0 Å². The molecule has 0 saturated carbocycles. The number of carbonyl (C=O) groups is 1. The highest BCUT2D eigenvalue weighted by atomic mass is 32.1. The molecule has 156 valence electrons. The van der Waals surface area contributed by atoms with Crippen molar-refractivity contribution in [2.75, 3.05) is 13.1 Å². The van der Waals surface area contributed by atoms with Crippen molar-refractivity contribution in [1.29, 1.82) is 0 Å². The van der Waals surface area contributed by atoms with Crippen LogP contribution < -0.4 is 4.74 Å². The van der Waals surface area contributed by atoms with Gasteiger partial charge in [-0.15, -0.1) is 11.3 Å². The Bertz CT molecular complexity index is 1040. The molecule has 2 aromatic carbocycles. The zero-order valence-electron chi connectivity index (χ0n) is 17.5. The highest BCUT2D eigenvalue weighted by Gasteiger charge is 2.32. The smallest absolute Gasteiger partial charge is 0.309 e. The molecule has 1 fully saturated rings. The Morgan fingerprint density at radius 1 is 1.23 bits per heavy atom. The Kier molecular flexibility index (Phi) is 5.88. The topological polar surface area (TPSA) is 62.7 Å². The van der Waals surface area contributed by atoms with Crippen LogP contribution in [-0.2, 0) is 11.3 Å². The van der Waals surface area contributed by atoms with Crippen molar-refractivity contribution < 1.29 is 14.6 Å². The van der Waals surface area contributed by atoms with Crippen LogP contribution in [-0.4, -0.2) is 40.2 Å². The summed E-state index contributed by atoms with van der Waals surface area (Å²) in [6, 6.07) is 14.6. The molecule has 1 N–H and O–H groups in total. The van der Waals surface area contributed by atoms with Gasteiger partial charge >= 0.3 is 5.97 Å². The lowest BCUT2D eigenvalue weighted by Gasteiger charge is -2.36. The lowest BCUT2D eigenvalue weighted by Crippen LogP contribution is -2.49. The van der Waals surface area contributed by atoms with Crippen molar-refractivity contribution in [3.8, 4) is 26.8 Å². The van der Waals surface area contributed by atoms with Gasteiger partial charge in [-0.2, -0.15) is 0 Å². The van der Waals surface area contributed by atoms with E-state index in [9.17, 15) is 4.79 Å². The molecule has 6 heteroatoms. The number of aliphatic carboxylic acids is 1. The Hall–Kier alpha value is -2.70. The molecule has 3 aromatic rings. The first kappa shape index (κ1) is 20.6. The lowest BCUT2D eigenvalue weighted by atomic mass is 9.98. The first-order chi connectivity index (χ1) is 14.4. The third-order valence-corrected chi connectivity index (χ3v) is 6.33. The predicted octanol–water partition coefficient (Wildman–Crippen LogP) is 5.09. The maximum Gasteiger partial charge on any atom is 0.309 e. The number of thiazole rings is 1. The highest BCUT2D eigenvalue weighted by molar-refractivity contribution is 7.18. The number of ether oxygens (including phenoxy) is 1. The first-order valence-electron chi connectivity index (χ1n) is 10.2. The van der Waals surface area contributed by atoms with E-state index in [1.807, 2.05) is 32.2 Å². The molecule has 1 aromatic heterocycles. The Morgan fingerprint density at radius 3 is 2.60 bits per heavy atom. The summed E-state index contributed by atoms with van der Waals surface area (Å²) in [7, 11) is 0. The second-order valence-corrected chi connectivity index (χ2v) is 9.13. The van der Waals surface area contributed by atoms with E-state index < -0.39 is 5.97 Å². The molecule has 0 unspecified atom stereocenters. The summed E-state index contributed by atoms with van der Waals surface area (Å²) < 4.78 is 5.72. The minimum atomic E-state index is -0.695. The van der Waals surface area contributed by atoms with Crippen LogP contribution >= 0.6 is 11.3 Å². The number of rotatable bonds is 7. The monoisotopic (exact) mass is 422 g/mol. The molecule has 30 heavy (non-hydrogen) atoms. The summed E-state index contributed by atoms with van der Waals surface area (Å²) in [5.41, 5.74) is 4.67. The minimum Gasteiger partial charge on any atom is -0.491 e. The minimum absolute atomic E-state index is 0.163. The Morgan fingerprint density at radius 2 is 1.97 bits per heavy atom. The molecule has 5 nitrogen and oxygen atoms in total. The van der Waals surface area contributed by atoms with Gasteiger partial charge in [-0.3, -0.25) is 9.69 Å². The van der Waals surface area contributed by atoms with E-state index in [1.165, 1.54) is 11.1 Å². The molecule has 0 bridgehead atoms. The maximum absolute atomic E-state index is 11.0. The molecule has 1 aliphatic rings. The quantitative estimate of drug-likeness (QED) is 0.575. The van der Waals surface area contributed by atoms with E-state index in [2.05, 4.69) is 47.1 Å². The van der Waals surface area contributed by atoms with Gasteiger partial charge in [-0.25, -0.2) is 4.98 Å². The third kappa shape index (κ3) is 4.55. The van der Waals surface area contributed by atoms with Crippen LogP contribution in [0.25, 0.3) is 21.0 Å². The fourth-order valence-corrected chi connectivity index (χ4v) is 4.69. The zero-order chi connectivity index (χ0) is 21.3. The summed E-state index contributed by atoms with van der Waals surface area (Å²) in [4.78, 5) is 18.9. The van der Waals surface area contributed by atoms with Gasteiger partial charge in [0, 0.05) is 31.4 Å². The number of nitrogens with zero attached hydrogens (tertiary/aromatic N) is 2. The number of carboxylic acids is 1. The average Bonchev–Trinajstić information content (AvgIpc) is 3.14. The molecule has 2 heterocycles. The summed E-state index contributed by atoms with van der Waals surface area (Å²) >= 11 is 1.68. The number of carboxylic acid groups (broad SMARTS) is 1. The molecule has 0 amide bonds. The Balaban J connectivity index is 1.45. The van der Waals surface area contributed by atoms with Gasteiger partial charge in [0.2, 0.25) is 0 Å². The summed E-state index contributed by atoms with van der Waals surface area (Å²) in [5, 5.41) is 10.0. The molecular formula is C24H26N2O3S. The summed E-state index contributed by atoms with van der Waals surface area (Å²) in [6.07, 6.45) is 2.09. The summed E-state index contributed by atoms with van der Waals surface area (Å²) in [5.74, 6) is -0.0358. The maximum atomic E-state index is 11.0. The summed E-state index contributed by atoms with van der Waals surface area (Å²) in [6.45, 7) is 8.20. The number of likely N-dealkylation sites (tertiary alicyclic amines) is 1. The number of aromatic nitrogens is 1. The zero-order valence-corrected chi connectivity index (χ0v) is 18.3. The molecule has 0 atom stereocenters. The van der Waals surface area contributed by atoms with Crippen molar-refractivity contribution >= 4 is 17.3 Å². The number of hydrogen-bond acceptors (Lipinski definition) is 5. The van der Waals surface area contributed by atoms with Crippen molar-refractivity contribution in [2.45, 2.75) is 33.4 Å². The van der Waals surface area contributed by atoms with Gasteiger partial charge in [0.1, 0.15) is 10.8 Å². The van der Waals surface area contributed by atoms with Crippen LogP contribution in [0.5, 0.6) is 5.75 Å². The molecule has 0 aliphatic carbocycles. The van der Waals surface area contributed by atoms with Gasteiger partial charge in [-0.05, 0) is 61.7 Å². The molecule has 0 spiro atoms. The van der Waals surface area contributed by atoms with Crippen molar-refractivity contribution in [3.05, 3.63) is 59.8 Å². The van der Waals surface area contributed by atoms with Crippen molar-refractivity contribution in [1.82, 2.24) is 9.88 Å². The second kappa shape index (κ2) is 8.58. The van der Waals surface area contributed by atoms with Crippen LogP contribution in [0.15, 0.2) is 48.7 Å². The van der Waals surface area contributed by atoms with Crippen LogP contribution in [0.2, 0.25) is 0 Å². The van der Waals surface area contributed by atoms with E-state index in [-0.39, 0.29) is 12.0 Å². The van der Waals surface area contributed by atoms with Crippen LogP contribution in [0, 0.1) is 12.8 Å². The highest BCUT2D eigenvalue weighted by Crippen LogP contribution is 2.34. The molecule has 1 saturated heterocycles. The fraction of sp³-hybridized carbons (Fsp3) is 0.333. The first-order valence-corrected chi connectivity index (χ1v) is 11.0. The second-order valence-electron chi connectivity index (χ2n) is 8.10. The predicted molar refractivity (Wildman–Crippen MR) is 120 cm³/mol. The van der Waals surface area contributed by atoms with Gasteiger partial charge in [-0.1, -0.05) is 18.2 Å². The van der Waals surface area contributed by atoms with E-state index in [0.29, 0.717) is 13.1 Å². The SMILES string of the molecule is Cc1cc(CN2CC(C(=O)O)C2)ccc1-c1ncc(-c2ccc(OC(C)C)cc2)s1. The lowest BCUT2D eigenvalue weighted by molar-refractivity contribution is -0.147. The Labute approximate surface area is 181 Å². The number of aryl methyl sites for hydroxylation is 1. The van der Waals surface area contributed by atoms with E-state index in [1.54, 1.807) is 11.3 Å². The van der Waals surface area contributed by atoms with E-state index in [4.69, 9.17) is 9.84 Å². The van der Waals surface area contributed by atoms with Crippen LogP contribution in [0.1, 0.15) is 25.0 Å². The molecular weight excluding hydrogens is 396 g/mol. The largest absolute Gasteiger partial charge is 0.491 e. The van der Waals surface area contributed by atoms with Crippen LogP contribution in [0.4, 0.5) is 0 Å². The van der Waals surface area contributed by atoms with Gasteiger partial charge in [0.15, 0.2) is 0 Å². The molecule has 4 rings (SSSR count). The number of hydrogen-bond donors (Lipinski definition) is 1. The molecule has 1 aliphatic heterocycles. The average molecular weight is 423 g/mol.